The standard InChI is InChI=1S/C25H32ClN5O3/c1-18-7-6-10-21(19(18)2)27-24(33)16-30-11-13-31(14-12-30)17-25(34)29(3)15-23(32)28-22-9-5-4-8-20(22)26/h4-10H,11-17H2,1-3H3,(H,27,33)(H,28,32). The fourth-order valence-corrected chi connectivity index (χ4v) is 3.94. The van der Waals surface area contributed by atoms with Gasteiger partial charge in [0.15, 0.2) is 0 Å². The molecule has 34 heavy (non-hydrogen) atoms. The van der Waals surface area contributed by atoms with Gasteiger partial charge in [0.1, 0.15) is 0 Å². The topological polar surface area (TPSA) is 85.0 Å². The molecule has 0 spiro atoms. The molecule has 0 unspecified atom stereocenters. The number of rotatable bonds is 8. The highest BCUT2D eigenvalue weighted by Crippen LogP contribution is 2.20. The Morgan fingerprint density at radius 1 is 0.853 bits per heavy atom. The van der Waals surface area contributed by atoms with Gasteiger partial charge in [-0.3, -0.25) is 24.2 Å². The number of carbonyl (C=O) groups is 3. The Labute approximate surface area is 205 Å². The van der Waals surface area contributed by atoms with Crippen molar-refractivity contribution in [2.45, 2.75) is 13.8 Å². The molecular formula is C25H32ClN5O3. The van der Waals surface area contributed by atoms with Gasteiger partial charge in [0.25, 0.3) is 0 Å². The van der Waals surface area contributed by atoms with Gasteiger partial charge in [0.05, 0.1) is 30.3 Å². The van der Waals surface area contributed by atoms with Crippen LogP contribution in [-0.4, -0.2) is 85.3 Å². The van der Waals surface area contributed by atoms with Crippen molar-refractivity contribution < 1.29 is 14.4 Å². The number of nitrogens with one attached hydrogen (secondary N) is 2. The molecule has 1 saturated heterocycles. The molecule has 1 aliphatic rings. The highest BCUT2D eigenvalue weighted by Gasteiger charge is 2.23. The largest absolute Gasteiger partial charge is 0.335 e. The summed E-state index contributed by atoms with van der Waals surface area (Å²) in [6, 6.07) is 12.8. The first kappa shape index (κ1) is 25.7. The zero-order chi connectivity index (χ0) is 24.7. The quantitative estimate of drug-likeness (QED) is 0.600. The van der Waals surface area contributed by atoms with E-state index in [1.165, 1.54) is 4.90 Å². The van der Waals surface area contributed by atoms with Crippen molar-refractivity contribution in [2.24, 2.45) is 0 Å². The van der Waals surface area contributed by atoms with Crippen LogP contribution in [0.3, 0.4) is 0 Å². The molecule has 3 amide bonds. The van der Waals surface area contributed by atoms with Crippen molar-refractivity contribution in [3.8, 4) is 0 Å². The molecular weight excluding hydrogens is 454 g/mol. The van der Waals surface area contributed by atoms with Crippen molar-refractivity contribution in [3.05, 3.63) is 58.6 Å². The smallest absolute Gasteiger partial charge is 0.244 e. The third-order valence-corrected chi connectivity index (χ3v) is 6.35. The lowest BCUT2D eigenvalue weighted by Crippen LogP contribution is -2.51. The lowest BCUT2D eigenvalue weighted by atomic mass is 10.1. The fourth-order valence-electron chi connectivity index (χ4n) is 3.75. The van der Waals surface area contributed by atoms with E-state index in [1.54, 1.807) is 31.3 Å². The molecule has 1 aliphatic heterocycles. The first-order valence-electron chi connectivity index (χ1n) is 11.3. The van der Waals surface area contributed by atoms with Crippen LogP contribution in [0.4, 0.5) is 11.4 Å². The molecule has 1 fully saturated rings. The van der Waals surface area contributed by atoms with Crippen LogP contribution < -0.4 is 10.6 Å². The third kappa shape index (κ3) is 7.28. The Kier molecular flexibility index (Phi) is 9.04. The maximum atomic E-state index is 12.6. The molecule has 2 aromatic carbocycles. The van der Waals surface area contributed by atoms with Crippen molar-refractivity contribution >= 4 is 40.7 Å². The molecule has 0 bridgehead atoms. The number of halogens is 1. The van der Waals surface area contributed by atoms with E-state index in [4.69, 9.17) is 11.6 Å². The molecule has 3 rings (SSSR count). The summed E-state index contributed by atoms with van der Waals surface area (Å²) in [7, 11) is 1.61. The molecule has 0 saturated carbocycles. The van der Waals surface area contributed by atoms with Gasteiger partial charge in [0.2, 0.25) is 17.7 Å². The minimum atomic E-state index is -0.302. The van der Waals surface area contributed by atoms with Gasteiger partial charge in [0, 0.05) is 38.9 Å². The summed E-state index contributed by atoms with van der Waals surface area (Å²) in [6.45, 7) is 7.28. The molecule has 9 heteroatoms. The summed E-state index contributed by atoms with van der Waals surface area (Å²) < 4.78 is 0. The molecule has 8 nitrogen and oxygen atoms in total. The van der Waals surface area contributed by atoms with E-state index in [-0.39, 0.29) is 30.8 Å². The average molecular weight is 486 g/mol. The summed E-state index contributed by atoms with van der Waals surface area (Å²) in [5.41, 5.74) is 3.58. The zero-order valence-electron chi connectivity index (χ0n) is 19.9. The minimum Gasteiger partial charge on any atom is -0.335 e. The van der Waals surface area contributed by atoms with E-state index in [9.17, 15) is 14.4 Å². The predicted molar refractivity (Wildman–Crippen MR) is 135 cm³/mol. The molecule has 182 valence electrons. The Balaban J connectivity index is 1.38. The van der Waals surface area contributed by atoms with E-state index < -0.39 is 0 Å². The van der Waals surface area contributed by atoms with E-state index in [0.717, 1.165) is 16.8 Å². The maximum absolute atomic E-state index is 12.6. The second-order valence-corrected chi connectivity index (χ2v) is 9.03. The van der Waals surface area contributed by atoms with Gasteiger partial charge in [-0.2, -0.15) is 0 Å². The number of hydrogen-bond donors (Lipinski definition) is 2. The Hall–Kier alpha value is -2.94. The van der Waals surface area contributed by atoms with Crippen molar-refractivity contribution in [1.82, 2.24) is 14.7 Å². The number of hydrogen-bond acceptors (Lipinski definition) is 5. The first-order valence-corrected chi connectivity index (χ1v) is 11.7. The van der Waals surface area contributed by atoms with Crippen molar-refractivity contribution in [3.63, 3.8) is 0 Å². The Morgan fingerprint density at radius 2 is 1.44 bits per heavy atom. The number of benzene rings is 2. The minimum absolute atomic E-state index is 0.0394. The third-order valence-electron chi connectivity index (χ3n) is 6.02. The molecule has 1 heterocycles. The van der Waals surface area contributed by atoms with Crippen LogP contribution in [0.1, 0.15) is 11.1 Å². The SMILES string of the molecule is Cc1cccc(NC(=O)CN2CCN(CC(=O)N(C)CC(=O)Nc3ccccc3Cl)CC2)c1C. The molecule has 2 N–H and O–H groups in total. The van der Waals surface area contributed by atoms with Gasteiger partial charge in [-0.1, -0.05) is 35.9 Å². The van der Waals surface area contributed by atoms with Gasteiger partial charge in [-0.25, -0.2) is 0 Å². The van der Waals surface area contributed by atoms with Crippen LogP contribution in [0.2, 0.25) is 5.02 Å². The summed E-state index contributed by atoms with van der Waals surface area (Å²) in [4.78, 5) is 42.9. The first-order chi connectivity index (χ1) is 16.2. The predicted octanol–water partition coefficient (Wildman–Crippen LogP) is 2.61. The molecule has 0 atom stereocenters. The maximum Gasteiger partial charge on any atom is 0.244 e. The second kappa shape index (κ2) is 12.0. The highest BCUT2D eigenvalue weighted by atomic mass is 35.5. The Bertz CT molecular complexity index is 1040. The van der Waals surface area contributed by atoms with Crippen LogP contribution >= 0.6 is 11.6 Å². The molecule has 0 aromatic heterocycles. The van der Waals surface area contributed by atoms with Crippen molar-refractivity contribution in [1.29, 1.82) is 0 Å². The van der Waals surface area contributed by atoms with Crippen LogP contribution in [0.5, 0.6) is 0 Å². The molecule has 0 aliphatic carbocycles. The lowest BCUT2D eigenvalue weighted by Gasteiger charge is -2.34. The fraction of sp³-hybridized carbons (Fsp3) is 0.400. The Morgan fingerprint density at radius 3 is 2.12 bits per heavy atom. The number of amides is 3. The lowest BCUT2D eigenvalue weighted by molar-refractivity contribution is -0.134. The highest BCUT2D eigenvalue weighted by molar-refractivity contribution is 6.33. The van der Waals surface area contributed by atoms with Crippen LogP contribution in [0, 0.1) is 13.8 Å². The summed E-state index contributed by atoms with van der Waals surface area (Å²) >= 11 is 6.06. The molecule has 0 radical (unpaired) electrons. The van der Waals surface area contributed by atoms with E-state index in [0.29, 0.717) is 43.4 Å². The number of carbonyl (C=O) groups excluding carboxylic acids is 3. The van der Waals surface area contributed by atoms with E-state index in [2.05, 4.69) is 15.5 Å². The average Bonchev–Trinajstić information content (AvgIpc) is 2.79. The number of piperazine rings is 1. The summed E-state index contributed by atoms with van der Waals surface area (Å²) in [6.07, 6.45) is 0. The van der Waals surface area contributed by atoms with Gasteiger partial charge in [-0.05, 0) is 43.2 Å². The summed E-state index contributed by atoms with van der Waals surface area (Å²) in [5, 5.41) is 6.17. The number of likely N-dealkylation sites (N-methyl/N-ethyl adjacent to an activating group) is 1. The monoisotopic (exact) mass is 485 g/mol. The second-order valence-electron chi connectivity index (χ2n) is 8.63. The number of anilines is 2. The van der Waals surface area contributed by atoms with Crippen LogP contribution in [0.15, 0.2) is 42.5 Å². The zero-order valence-corrected chi connectivity index (χ0v) is 20.7. The summed E-state index contributed by atoms with van der Waals surface area (Å²) in [5.74, 6) is -0.471. The van der Waals surface area contributed by atoms with Gasteiger partial charge < -0.3 is 15.5 Å². The van der Waals surface area contributed by atoms with Gasteiger partial charge >= 0.3 is 0 Å². The number of nitrogens with zero attached hydrogens (tertiary/aromatic N) is 3. The number of aryl methyl sites for hydroxylation is 1. The molecule has 2 aromatic rings. The van der Waals surface area contributed by atoms with Gasteiger partial charge in [-0.15, -0.1) is 0 Å². The van der Waals surface area contributed by atoms with E-state index in [1.807, 2.05) is 36.9 Å². The number of para-hydroxylation sites is 1. The van der Waals surface area contributed by atoms with Crippen molar-refractivity contribution in [2.75, 3.05) is 63.5 Å². The normalized spacial score (nSPS) is 14.5. The van der Waals surface area contributed by atoms with Crippen LogP contribution in [0.25, 0.3) is 0 Å². The van der Waals surface area contributed by atoms with E-state index >= 15 is 0 Å². The van der Waals surface area contributed by atoms with Crippen LogP contribution in [-0.2, 0) is 14.4 Å².